The van der Waals surface area contributed by atoms with Gasteiger partial charge in [-0.05, 0) is 69.6 Å². The molecule has 1 heterocycles. The van der Waals surface area contributed by atoms with Crippen molar-refractivity contribution in [3.8, 4) is 0 Å². The zero-order valence-corrected chi connectivity index (χ0v) is 21.5. The van der Waals surface area contributed by atoms with Crippen LogP contribution in [-0.4, -0.2) is 56.8 Å². The van der Waals surface area contributed by atoms with E-state index < -0.39 is 32.6 Å². The Morgan fingerprint density at radius 1 is 1.31 bits per heavy atom. The predicted octanol–water partition coefficient (Wildman–Crippen LogP) is 3.29. The smallest absolute Gasteiger partial charge is 0.274 e. The normalized spacial score (nSPS) is 26.7. The number of amides is 1. The molecule has 0 saturated heterocycles. The van der Waals surface area contributed by atoms with Crippen LogP contribution in [0, 0.1) is 17.7 Å². The summed E-state index contributed by atoms with van der Waals surface area (Å²) in [6.45, 7) is 2.42. The molecule has 2 atom stereocenters. The van der Waals surface area contributed by atoms with Gasteiger partial charge in [0.1, 0.15) is 11.5 Å². The number of nitrogens with zero attached hydrogens (tertiary/aromatic N) is 2. The number of rotatable bonds is 7. The molecule has 0 spiro atoms. The molecule has 0 bridgehead atoms. The second kappa shape index (κ2) is 9.14. The van der Waals surface area contributed by atoms with Gasteiger partial charge in [0.05, 0.1) is 39.8 Å². The van der Waals surface area contributed by atoms with Gasteiger partial charge in [-0.25, -0.2) is 17.8 Å². The number of aryl methyl sites for hydroxylation is 1. The zero-order valence-electron chi connectivity index (χ0n) is 20.0. The molecule has 2 aromatic rings. The molecule has 1 aromatic heterocycles. The first-order valence-corrected chi connectivity index (χ1v) is 13.6. The lowest BCUT2D eigenvalue weighted by Crippen LogP contribution is -2.45. The van der Waals surface area contributed by atoms with Crippen molar-refractivity contribution in [2.45, 2.75) is 55.8 Å². The highest BCUT2D eigenvalue weighted by molar-refractivity contribution is 7.92. The average Bonchev–Trinajstić information content (AvgIpc) is 3.40. The molecule has 2 saturated carbocycles. The molecule has 0 aliphatic heterocycles. The summed E-state index contributed by atoms with van der Waals surface area (Å²) in [6, 6.07) is 3.96. The summed E-state index contributed by atoms with van der Waals surface area (Å²) < 4.78 is 39.3. The molecule has 0 radical (unpaired) electrons. The van der Waals surface area contributed by atoms with E-state index in [2.05, 4.69) is 10.3 Å². The van der Waals surface area contributed by atoms with Gasteiger partial charge >= 0.3 is 0 Å². The predicted molar refractivity (Wildman–Crippen MR) is 131 cm³/mol. The fourth-order valence-electron chi connectivity index (χ4n) is 5.55. The molecule has 4 rings (SSSR count). The summed E-state index contributed by atoms with van der Waals surface area (Å²) in [6.07, 6.45) is 3.68. The van der Waals surface area contributed by atoms with Crippen LogP contribution in [0.1, 0.15) is 61.6 Å². The minimum absolute atomic E-state index is 0.00112. The molecule has 3 N–H and O–H groups in total. The van der Waals surface area contributed by atoms with E-state index in [1.807, 2.05) is 0 Å². The number of fused-ring (bicyclic) bond motifs is 1. The lowest BCUT2D eigenvalue weighted by atomic mass is 9.93. The van der Waals surface area contributed by atoms with E-state index in [1.165, 1.54) is 32.0 Å². The Kier molecular flexibility index (Phi) is 6.80. The van der Waals surface area contributed by atoms with E-state index in [-0.39, 0.29) is 34.4 Å². The number of hydrogen-bond donors (Lipinski definition) is 3. The lowest BCUT2D eigenvalue weighted by Gasteiger charge is -2.30. The molecule has 8 nitrogen and oxygen atoms in total. The number of anilines is 1. The Bertz CT molecular complexity index is 1230. The first-order valence-electron chi connectivity index (χ1n) is 11.6. The van der Waals surface area contributed by atoms with Crippen LogP contribution in [0.15, 0.2) is 24.5 Å². The van der Waals surface area contributed by atoms with Crippen molar-refractivity contribution in [3.63, 3.8) is 0 Å². The Morgan fingerprint density at radius 2 is 1.94 bits per heavy atom. The number of carbonyl (C=O) groups excluding carboxylic acids is 1. The molecule has 35 heavy (non-hydrogen) atoms. The third-order valence-electron chi connectivity index (χ3n) is 7.55. The van der Waals surface area contributed by atoms with E-state index in [1.54, 1.807) is 17.9 Å². The third kappa shape index (κ3) is 4.98. The lowest BCUT2D eigenvalue weighted by molar-refractivity contribution is 0.0604. The van der Waals surface area contributed by atoms with Crippen molar-refractivity contribution in [1.82, 2.24) is 9.55 Å². The molecule has 2 fully saturated rings. The fourth-order valence-corrected chi connectivity index (χ4v) is 7.26. The van der Waals surface area contributed by atoms with Crippen molar-refractivity contribution in [2.24, 2.45) is 18.9 Å². The number of sulfone groups is 1. The molecule has 2 unspecified atom stereocenters. The topological polar surface area (TPSA) is 122 Å². The van der Waals surface area contributed by atoms with E-state index in [0.717, 1.165) is 0 Å². The van der Waals surface area contributed by atoms with Gasteiger partial charge in [0, 0.05) is 18.7 Å². The average molecular weight is 528 g/mol. The monoisotopic (exact) mass is 527 g/mol. The van der Waals surface area contributed by atoms with E-state index in [0.29, 0.717) is 42.8 Å². The number of aromatic nitrogens is 2. The van der Waals surface area contributed by atoms with E-state index in [9.17, 15) is 27.8 Å². The van der Waals surface area contributed by atoms with Crippen LogP contribution in [0.2, 0.25) is 5.02 Å². The maximum atomic E-state index is 13.5. The highest BCUT2D eigenvalue weighted by Crippen LogP contribution is 2.54. The fraction of sp³-hybridized carbons (Fsp3) is 0.583. The number of halogens is 2. The largest absolute Gasteiger partial charge is 0.395 e. The van der Waals surface area contributed by atoms with Gasteiger partial charge in [-0.1, -0.05) is 11.6 Å². The molecular formula is C24H31ClFN3O5S. The number of hydrogen-bond acceptors (Lipinski definition) is 6. The standard InChI is InChI=1S/C24H31ClFN3O5S/c1-23(2,11-30)35(33,34)12-24(32)9-15-6-14(7-16(15)10-24)20-21(29(3)13-27-20)22(31)28-17-4-5-19(26)18(25)8-17/h4-5,8,13-16,30,32H,6-7,9-12H2,1-3H3,(H,28,31). The van der Waals surface area contributed by atoms with Crippen LogP contribution in [0.25, 0.3) is 0 Å². The van der Waals surface area contributed by atoms with Gasteiger partial charge in [0.15, 0.2) is 9.84 Å². The molecule has 192 valence electrons. The van der Waals surface area contributed by atoms with Crippen LogP contribution in [0.5, 0.6) is 0 Å². The molecule has 2 aliphatic carbocycles. The molecule has 11 heteroatoms. The van der Waals surface area contributed by atoms with Gasteiger partial charge in [-0.3, -0.25) is 4.79 Å². The van der Waals surface area contributed by atoms with Crippen molar-refractivity contribution in [3.05, 3.63) is 46.8 Å². The molecular weight excluding hydrogens is 497 g/mol. The maximum Gasteiger partial charge on any atom is 0.274 e. The van der Waals surface area contributed by atoms with Gasteiger partial charge in [0.25, 0.3) is 5.91 Å². The Hall–Kier alpha value is -2.01. The van der Waals surface area contributed by atoms with Crippen molar-refractivity contribution < 1.29 is 27.8 Å². The quantitative estimate of drug-likeness (QED) is 0.508. The second-order valence-corrected chi connectivity index (χ2v) is 13.7. The number of aliphatic hydroxyl groups is 2. The van der Waals surface area contributed by atoms with Gasteiger partial charge in [-0.15, -0.1) is 0 Å². The third-order valence-corrected chi connectivity index (χ3v) is 10.6. The summed E-state index contributed by atoms with van der Waals surface area (Å²) in [5.74, 6) is -1.09. The number of carbonyl (C=O) groups is 1. The molecule has 2 aliphatic rings. The number of benzene rings is 1. The highest BCUT2D eigenvalue weighted by Gasteiger charge is 2.52. The van der Waals surface area contributed by atoms with Crippen molar-refractivity contribution in [2.75, 3.05) is 17.7 Å². The first kappa shape index (κ1) is 26.1. The molecule has 1 amide bonds. The van der Waals surface area contributed by atoms with E-state index >= 15 is 0 Å². The molecule has 1 aromatic carbocycles. The summed E-state index contributed by atoms with van der Waals surface area (Å²) in [5.41, 5.74) is 0.106. The minimum Gasteiger partial charge on any atom is -0.395 e. The second-order valence-electron chi connectivity index (χ2n) is 10.7. The minimum atomic E-state index is -3.70. The Morgan fingerprint density at radius 3 is 2.51 bits per heavy atom. The summed E-state index contributed by atoms with van der Waals surface area (Å²) in [4.78, 5) is 17.6. The van der Waals surface area contributed by atoms with Crippen LogP contribution in [0.4, 0.5) is 10.1 Å². The van der Waals surface area contributed by atoms with Crippen LogP contribution < -0.4 is 5.32 Å². The van der Waals surface area contributed by atoms with E-state index in [4.69, 9.17) is 11.6 Å². The van der Waals surface area contributed by atoms with Crippen LogP contribution >= 0.6 is 11.6 Å². The van der Waals surface area contributed by atoms with Crippen molar-refractivity contribution >= 4 is 33.0 Å². The van der Waals surface area contributed by atoms with Crippen molar-refractivity contribution in [1.29, 1.82) is 0 Å². The van der Waals surface area contributed by atoms with Crippen LogP contribution in [0.3, 0.4) is 0 Å². The summed E-state index contributed by atoms with van der Waals surface area (Å²) in [7, 11) is -1.97. The Balaban J connectivity index is 1.47. The summed E-state index contributed by atoms with van der Waals surface area (Å²) in [5, 5.41) is 23.3. The SMILES string of the molecule is Cn1cnc(C2CC3CC(O)(CS(=O)(=O)C(C)(C)CO)CC3C2)c1C(=O)Nc1ccc(F)c(Cl)c1. The summed E-state index contributed by atoms with van der Waals surface area (Å²) >= 11 is 5.82. The van der Waals surface area contributed by atoms with Crippen LogP contribution in [-0.2, 0) is 16.9 Å². The maximum absolute atomic E-state index is 13.5. The number of imidazole rings is 1. The first-order chi connectivity index (χ1) is 16.2. The highest BCUT2D eigenvalue weighted by atomic mass is 35.5. The Labute approximate surface area is 209 Å². The number of aliphatic hydroxyl groups excluding tert-OH is 1. The van der Waals surface area contributed by atoms with Gasteiger partial charge in [0.2, 0.25) is 0 Å². The number of nitrogens with one attached hydrogen (secondary N) is 1. The van der Waals surface area contributed by atoms with Gasteiger partial charge < -0.3 is 20.1 Å². The van der Waals surface area contributed by atoms with Gasteiger partial charge in [-0.2, -0.15) is 0 Å². The zero-order chi connectivity index (χ0) is 25.8.